The van der Waals surface area contributed by atoms with Crippen molar-refractivity contribution in [2.75, 3.05) is 13.7 Å². The van der Waals surface area contributed by atoms with Gasteiger partial charge >= 0.3 is 12.0 Å². The van der Waals surface area contributed by atoms with Crippen LogP contribution in [0.4, 0.5) is 4.79 Å². The fourth-order valence-corrected chi connectivity index (χ4v) is 5.44. The number of methoxy groups -OCH3 is 1. The number of amides is 2. The third-order valence-electron chi connectivity index (χ3n) is 6.80. The molecular weight excluding hydrogens is 398 g/mol. The van der Waals surface area contributed by atoms with Gasteiger partial charge in [-0.2, -0.15) is 0 Å². The van der Waals surface area contributed by atoms with Crippen LogP contribution in [0.15, 0.2) is 23.0 Å². The van der Waals surface area contributed by atoms with E-state index in [0.717, 1.165) is 31.3 Å². The van der Waals surface area contributed by atoms with E-state index in [9.17, 15) is 19.5 Å². The Bertz CT molecular complexity index is 966. The number of aliphatic hydroxyl groups is 1. The Hall–Kier alpha value is -2.61. The van der Waals surface area contributed by atoms with E-state index < -0.39 is 29.9 Å². The molecule has 3 heterocycles. The number of esters is 1. The number of allylic oxidation sites excluding steroid dienone is 2. The summed E-state index contributed by atoms with van der Waals surface area (Å²) >= 11 is 0. The zero-order chi connectivity index (χ0) is 22.3. The zero-order valence-corrected chi connectivity index (χ0v) is 18.3. The number of carbonyl (C=O) groups excluding carboxylic acids is 2. The maximum absolute atomic E-state index is 13.5. The van der Waals surface area contributed by atoms with Gasteiger partial charge in [-0.05, 0) is 57.2 Å². The highest BCUT2D eigenvalue weighted by molar-refractivity contribution is 5.81. The molecule has 0 spiro atoms. The second-order valence-corrected chi connectivity index (χ2v) is 8.98. The number of aliphatic hydroxyl groups excluding tert-OH is 1. The minimum atomic E-state index is -0.731. The molecule has 1 aromatic heterocycles. The summed E-state index contributed by atoms with van der Waals surface area (Å²) in [6, 6.07) is 2.17. The number of nitrogens with one attached hydrogen (secondary N) is 1. The number of fused-ring (bicyclic) bond motifs is 4. The summed E-state index contributed by atoms with van der Waals surface area (Å²) in [5, 5.41) is 13.1. The molecule has 1 saturated heterocycles. The van der Waals surface area contributed by atoms with E-state index in [1.165, 1.54) is 7.11 Å². The summed E-state index contributed by atoms with van der Waals surface area (Å²) in [5.74, 6) is -1.72. The van der Waals surface area contributed by atoms with Gasteiger partial charge in [0, 0.05) is 36.4 Å². The first-order valence-electron chi connectivity index (χ1n) is 11.1. The van der Waals surface area contributed by atoms with Crippen molar-refractivity contribution in [3.05, 3.63) is 39.8 Å². The standard InChI is InChI=1S/C23H31N3O5/c1-13(2)24-23(30)26-18-11-25-17(20(26)19(16(18)12-27)22(29)31-3)10-9-15(21(25)28)14-7-5-4-6-8-14/h7,9-10,13,16,18-20,27H,4-6,8,11-12H2,1-3H3,(H,24,30)/t16-,18-,19+,20+/m1/s1. The van der Waals surface area contributed by atoms with Crippen molar-refractivity contribution in [2.45, 2.75) is 64.2 Å². The number of pyridine rings is 1. The largest absolute Gasteiger partial charge is 0.469 e. The van der Waals surface area contributed by atoms with E-state index in [2.05, 4.69) is 11.4 Å². The van der Waals surface area contributed by atoms with Gasteiger partial charge < -0.3 is 24.6 Å². The molecule has 8 heteroatoms. The quantitative estimate of drug-likeness (QED) is 0.714. The van der Waals surface area contributed by atoms with E-state index >= 15 is 0 Å². The minimum Gasteiger partial charge on any atom is -0.469 e. The lowest BCUT2D eigenvalue weighted by molar-refractivity contribution is -0.148. The topological polar surface area (TPSA) is 101 Å². The van der Waals surface area contributed by atoms with Crippen LogP contribution in [0.3, 0.4) is 0 Å². The summed E-state index contributed by atoms with van der Waals surface area (Å²) < 4.78 is 6.74. The van der Waals surface area contributed by atoms with Gasteiger partial charge in [0.15, 0.2) is 0 Å². The number of hydrogen-bond acceptors (Lipinski definition) is 5. The molecule has 1 fully saturated rings. The van der Waals surface area contributed by atoms with Gasteiger partial charge in [-0.15, -0.1) is 0 Å². The van der Waals surface area contributed by atoms with Crippen LogP contribution in [-0.4, -0.2) is 52.4 Å². The molecule has 2 aliphatic heterocycles. The second kappa shape index (κ2) is 8.49. The van der Waals surface area contributed by atoms with Crippen LogP contribution in [-0.2, 0) is 16.1 Å². The van der Waals surface area contributed by atoms with Crippen LogP contribution >= 0.6 is 0 Å². The molecule has 0 radical (unpaired) electrons. The Morgan fingerprint density at radius 1 is 1.29 bits per heavy atom. The van der Waals surface area contributed by atoms with E-state index in [0.29, 0.717) is 11.3 Å². The first-order chi connectivity index (χ1) is 14.9. The van der Waals surface area contributed by atoms with Crippen LogP contribution in [0, 0.1) is 11.8 Å². The second-order valence-electron chi connectivity index (χ2n) is 8.98. The number of ether oxygens (including phenoxy) is 1. The smallest absolute Gasteiger partial charge is 0.318 e. The minimum absolute atomic E-state index is 0.0826. The summed E-state index contributed by atoms with van der Waals surface area (Å²) in [5.41, 5.74) is 2.29. The van der Waals surface area contributed by atoms with Crippen molar-refractivity contribution in [2.24, 2.45) is 11.8 Å². The van der Waals surface area contributed by atoms with Gasteiger partial charge in [-0.1, -0.05) is 6.08 Å². The Morgan fingerprint density at radius 2 is 2.06 bits per heavy atom. The molecule has 2 amide bonds. The molecule has 2 N–H and O–H groups in total. The molecule has 31 heavy (non-hydrogen) atoms. The molecule has 1 aliphatic carbocycles. The number of nitrogens with zero attached hydrogens (tertiary/aromatic N) is 2. The lowest BCUT2D eigenvalue weighted by atomic mass is 9.87. The van der Waals surface area contributed by atoms with Crippen LogP contribution in [0.25, 0.3) is 5.57 Å². The maximum atomic E-state index is 13.5. The Balaban J connectivity index is 1.83. The van der Waals surface area contributed by atoms with Crippen LogP contribution in [0.1, 0.15) is 56.8 Å². The molecule has 0 unspecified atom stereocenters. The normalized spacial score (nSPS) is 27.0. The average Bonchev–Trinajstić information content (AvgIpc) is 3.01. The van der Waals surface area contributed by atoms with Gasteiger partial charge in [0.05, 0.1) is 25.1 Å². The molecule has 3 aliphatic rings. The highest BCUT2D eigenvalue weighted by Crippen LogP contribution is 2.48. The number of urea groups is 1. The van der Waals surface area contributed by atoms with Crippen molar-refractivity contribution in [1.82, 2.24) is 14.8 Å². The molecular formula is C23H31N3O5. The van der Waals surface area contributed by atoms with Crippen LogP contribution in [0.2, 0.25) is 0 Å². The van der Waals surface area contributed by atoms with Gasteiger partial charge in [0.25, 0.3) is 5.56 Å². The highest BCUT2D eigenvalue weighted by Gasteiger charge is 2.58. The first kappa shape index (κ1) is 21.6. The SMILES string of the molecule is COC(=O)[C@H]1[C@H](CO)[C@H]2Cn3c(ccc(C4=CCCCC4)c3=O)[C@@H]1N2C(=O)NC(C)C. The molecule has 4 atom stereocenters. The fraction of sp³-hybridized carbons (Fsp3) is 0.609. The van der Waals surface area contributed by atoms with Crippen molar-refractivity contribution in [1.29, 1.82) is 0 Å². The maximum Gasteiger partial charge on any atom is 0.318 e. The summed E-state index contributed by atoms with van der Waals surface area (Å²) in [6.07, 6.45) is 6.20. The molecule has 8 nitrogen and oxygen atoms in total. The Kier molecular flexibility index (Phi) is 5.92. The van der Waals surface area contributed by atoms with Crippen LogP contribution < -0.4 is 10.9 Å². The van der Waals surface area contributed by atoms with Gasteiger partial charge in [0.1, 0.15) is 0 Å². The third kappa shape index (κ3) is 3.56. The predicted octanol–water partition coefficient (Wildman–Crippen LogP) is 2.06. The van der Waals surface area contributed by atoms with Crippen molar-refractivity contribution in [3.63, 3.8) is 0 Å². The molecule has 4 rings (SSSR count). The highest BCUT2D eigenvalue weighted by atomic mass is 16.5. The van der Waals surface area contributed by atoms with Gasteiger partial charge in [-0.3, -0.25) is 9.59 Å². The third-order valence-corrected chi connectivity index (χ3v) is 6.80. The summed E-state index contributed by atoms with van der Waals surface area (Å²) in [4.78, 5) is 40.9. The Morgan fingerprint density at radius 3 is 2.68 bits per heavy atom. The van der Waals surface area contributed by atoms with Crippen molar-refractivity contribution >= 4 is 17.6 Å². The number of hydrogen-bond donors (Lipinski definition) is 2. The predicted molar refractivity (Wildman–Crippen MR) is 115 cm³/mol. The van der Waals surface area contributed by atoms with E-state index in [1.807, 2.05) is 26.0 Å². The number of rotatable bonds is 4. The average molecular weight is 430 g/mol. The molecule has 168 valence electrons. The number of aromatic nitrogens is 1. The van der Waals surface area contributed by atoms with E-state index in [4.69, 9.17) is 4.74 Å². The zero-order valence-electron chi connectivity index (χ0n) is 18.3. The van der Waals surface area contributed by atoms with Gasteiger partial charge in [-0.25, -0.2) is 4.79 Å². The van der Waals surface area contributed by atoms with Crippen molar-refractivity contribution in [3.8, 4) is 0 Å². The van der Waals surface area contributed by atoms with E-state index in [1.54, 1.807) is 9.47 Å². The summed E-state index contributed by atoms with van der Waals surface area (Å²) in [6.45, 7) is 3.71. The molecule has 2 bridgehead atoms. The lowest BCUT2D eigenvalue weighted by Crippen LogP contribution is -2.53. The summed E-state index contributed by atoms with van der Waals surface area (Å²) in [7, 11) is 1.31. The van der Waals surface area contributed by atoms with Crippen LogP contribution in [0.5, 0.6) is 0 Å². The molecule has 0 saturated carbocycles. The van der Waals surface area contributed by atoms with E-state index in [-0.39, 0.29) is 30.8 Å². The first-order valence-corrected chi connectivity index (χ1v) is 11.1. The number of carbonyl (C=O) groups is 2. The monoisotopic (exact) mass is 429 g/mol. The van der Waals surface area contributed by atoms with Gasteiger partial charge in [0.2, 0.25) is 0 Å². The Labute approximate surface area is 181 Å². The fourth-order valence-electron chi connectivity index (χ4n) is 5.44. The van der Waals surface area contributed by atoms with Crippen molar-refractivity contribution < 1.29 is 19.4 Å². The lowest BCUT2D eigenvalue weighted by Gasteiger charge is -2.38. The molecule has 0 aromatic carbocycles. The molecule has 1 aromatic rings.